The lowest BCUT2D eigenvalue weighted by molar-refractivity contribution is 0.0693. The summed E-state index contributed by atoms with van der Waals surface area (Å²) in [5.74, 6) is 0.0755. The molecular formula is C21H18O4. The molecule has 0 unspecified atom stereocenters. The third kappa shape index (κ3) is 3.98. The normalized spacial score (nSPS) is 10.3. The molecule has 4 heteroatoms. The molecule has 0 aliphatic carbocycles. The number of carboxylic acids is 1. The van der Waals surface area contributed by atoms with Crippen LogP contribution in [0.15, 0.2) is 72.8 Å². The van der Waals surface area contributed by atoms with E-state index in [1.807, 2.05) is 54.6 Å². The van der Waals surface area contributed by atoms with E-state index in [2.05, 4.69) is 0 Å². The van der Waals surface area contributed by atoms with Crippen LogP contribution < -0.4 is 9.47 Å². The lowest BCUT2D eigenvalue weighted by Crippen LogP contribution is -2.00. The third-order valence-corrected chi connectivity index (χ3v) is 3.85. The number of benzene rings is 3. The van der Waals surface area contributed by atoms with E-state index < -0.39 is 5.97 Å². The second kappa shape index (κ2) is 7.53. The summed E-state index contributed by atoms with van der Waals surface area (Å²) in [4.78, 5) is 11.2. The molecule has 0 radical (unpaired) electrons. The first kappa shape index (κ1) is 16.6. The van der Waals surface area contributed by atoms with Crippen molar-refractivity contribution in [3.8, 4) is 22.6 Å². The molecule has 126 valence electrons. The van der Waals surface area contributed by atoms with E-state index in [9.17, 15) is 9.90 Å². The van der Waals surface area contributed by atoms with Crippen molar-refractivity contribution in [1.82, 2.24) is 0 Å². The van der Waals surface area contributed by atoms with Gasteiger partial charge in [-0.1, -0.05) is 48.5 Å². The molecule has 0 aromatic heterocycles. The first-order chi connectivity index (χ1) is 12.2. The minimum Gasteiger partial charge on any atom is -0.496 e. The Bertz CT molecular complexity index is 872. The van der Waals surface area contributed by atoms with Crippen molar-refractivity contribution in [2.24, 2.45) is 0 Å². The maximum atomic E-state index is 11.2. The van der Waals surface area contributed by atoms with Gasteiger partial charge in [0.05, 0.1) is 7.11 Å². The van der Waals surface area contributed by atoms with Crippen LogP contribution in [0.25, 0.3) is 11.1 Å². The number of hydrogen-bond acceptors (Lipinski definition) is 3. The van der Waals surface area contributed by atoms with Crippen LogP contribution in [-0.4, -0.2) is 18.2 Å². The number of hydrogen-bond donors (Lipinski definition) is 1. The largest absolute Gasteiger partial charge is 0.496 e. The lowest BCUT2D eigenvalue weighted by Gasteiger charge is -2.10. The smallest absolute Gasteiger partial charge is 0.339 e. The summed E-state index contributed by atoms with van der Waals surface area (Å²) in [6.07, 6.45) is 0. The van der Waals surface area contributed by atoms with Crippen LogP contribution >= 0.6 is 0 Å². The van der Waals surface area contributed by atoms with Crippen LogP contribution in [0.1, 0.15) is 15.9 Å². The summed E-state index contributed by atoms with van der Waals surface area (Å²) < 4.78 is 11.0. The Kier molecular flexibility index (Phi) is 5.00. The third-order valence-electron chi connectivity index (χ3n) is 3.85. The SMILES string of the molecule is COc1cc(-c2cccc(OCc3ccccc3)c2)ccc1C(=O)O. The van der Waals surface area contributed by atoms with Crippen molar-refractivity contribution < 1.29 is 19.4 Å². The van der Waals surface area contributed by atoms with Gasteiger partial charge in [-0.2, -0.15) is 0 Å². The van der Waals surface area contributed by atoms with E-state index >= 15 is 0 Å². The van der Waals surface area contributed by atoms with Crippen molar-refractivity contribution in [2.75, 3.05) is 7.11 Å². The zero-order valence-corrected chi connectivity index (χ0v) is 13.8. The standard InChI is InChI=1S/C21H18O4/c1-24-20-13-17(10-11-19(20)21(22)23)16-8-5-9-18(12-16)25-14-15-6-3-2-4-7-15/h2-13H,14H2,1H3,(H,22,23). The molecule has 0 aliphatic rings. The first-order valence-corrected chi connectivity index (χ1v) is 7.86. The average molecular weight is 334 g/mol. The summed E-state index contributed by atoms with van der Waals surface area (Å²) in [6, 6.07) is 22.7. The molecule has 1 N–H and O–H groups in total. The monoisotopic (exact) mass is 334 g/mol. The summed E-state index contributed by atoms with van der Waals surface area (Å²) in [5.41, 5.74) is 3.04. The quantitative estimate of drug-likeness (QED) is 0.713. The number of ether oxygens (including phenoxy) is 2. The summed E-state index contributed by atoms with van der Waals surface area (Å²) >= 11 is 0. The van der Waals surface area contributed by atoms with Gasteiger partial charge in [-0.15, -0.1) is 0 Å². The van der Waals surface area contributed by atoms with E-state index in [0.29, 0.717) is 12.4 Å². The Morgan fingerprint density at radius 1 is 0.920 bits per heavy atom. The van der Waals surface area contributed by atoms with Crippen LogP contribution in [-0.2, 0) is 6.61 Å². The molecule has 0 aliphatic heterocycles. The number of carbonyl (C=O) groups is 1. The molecule has 25 heavy (non-hydrogen) atoms. The molecule has 3 aromatic carbocycles. The van der Waals surface area contributed by atoms with Crippen LogP contribution in [0.5, 0.6) is 11.5 Å². The number of carboxylic acid groups (broad SMARTS) is 1. The van der Waals surface area contributed by atoms with Gasteiger partial charge in [-0.3, -0.25) is 0 Å². The van der Waals surface area contributed by atoms with Crippen molar-refractivity contribution in [2.45, 2.75) is 6.61 Å². The summed E-state index contributed by atoms with van der Waals surface area (Å²) in [5, 5.41) is 9.18. The van der Waals surface area contributed by atoms with E-state index in [1.54, 1.807) is 18.2 Å². The Hall–Kier alpha value is -3.27. The zero-order chi connectivity index (χ0) is 17.6. The summed E-state index contributed by atoms with van der Waals surface area (Å²) in [7, 11) is 1.46. The van der Waals surface area contributed by atoms with Gasteiger partial charge in [0.1, 0.15) is 23.7 Å². The van der Waals surface area contributed by atoms with Crippen LogP contribution in [0.2, 0.25) is 0 Å². The van der Waals surface area contributed by atoms with Crippen LogP contribution in [0.3, 0.4) is 0 Å². The highest BCUT2D eigenvalue weighted by Crippen LogP contribution is 2.29. The average Bonchev–Trinajstić information content (AvgIpc) is 2.67. The van der Waals surface area contributed by atoms with E-state index in [0.717, 1.165) is 22.4 Å². The predicted octanol–water partition coefficient (Wildman–Crippen LogP) is 4.64. The fourth-order valence-electron chi connectivity index (χ4n) is 2.55. The van der Waals surface area contributed by atoms with Crippen LogP contribution in [0.4, 0.5) is 0 Å². The zero-order valence-electron chi connectivity index (χ0n) is 13.8. The van der Waals surface area contributed by atoms with Gasteiger partial charge in [0.2, 0.25) is 0 Å². The molecule has 0 fully saturated rings. The Labute approximate surface area is 146 Å². The maximum Gasteiger partial charge on any atom is 0.339 e. The lowest BCUT2D eigenvalue weighted by atomic mass is 10.0. The fraction of sp³-hybridized carbons (Fsp3) is 0.0952. The molecule has 3 rings (SSSR count). The molecule has 0 saturated carbocycles. The number of aromatic carboxylic acids is 1. The van der Waals surface area contributed by atoms with Gasteiger partial charge >= 0.3 is 5.97 Å². The molecule has 4 nitrogen and oxygen atoms in total. The maximum absolute atomic E-state index is 11.2. The highest BCUT2D eigenvalue weighted by atomic mass is 16.5. The molecule has 3 aromatic rings. The van der Waals surface area contributed by atoms with Crippen LogP contribution in [0, 0.1) is 0 Å². The van der Waals surface area contributed by atoms with E-state index in [4.69, 9.17) is 9.47 Å². The van der Waals surface area contributed by atoms with Crippen molar-refractivity contribution in [1.29, 1.82) is 0 Å². The molecule has 0 amide bonds. The van der Waals surface area contributed by atoms with E-state index in [-0.39, 0.29) is 5.56 Å². The minimum absolute atomic E-state index is 0.141. The number of methoxy groups -OCH3 is 1. The molecule has 0 heterocycles. The molecular weight excluding hydrogens is 316 g/mol. The topological polar surface area (TPSA) is 55.8 Å². The Morgan fingerprint density at radius 2 is 1.68 bits per heavy atom. The second-order valence-electron chi connectivity index (χ2n) is 5.52. The second-order valence-corrected chi connectivity index (χ2v) is 5.52. The molecule has 0 atom stereocenters. The van der Waals surface area contributed by atoms with Crippen molar-refractivity contribution >= 4 is 5.97 Å². The first-order valence-electron chi connectivity index (χ1n) is 7.86. The minimum atomic E-state index is -1.01. The molecule has 0 bridgehead atoms. The van der Waals surface area contributed by atoms with Gasteiger partial charge in [-0.05, 0) is 41.0 Å². The van der Waals surface area contributed by atoms with Gasteiger partial charge in [0, 0.05) is 0 Å². The number of rotatable bonds is 6. The fourth-order valence-corrected chi connectivity index (χ4v) is 2.55. The van der Waals surface area contributed by atoms with E-state index in [1.165, 1.54) is 7.11 Å². The Balaban J connectivity index is 1.82. The van der Waals surface area contributed by atoms with Gasteiger partial charge in [0.25, 0.3) is 0 Å². The van der Waals surface area contributed by atoms with Crippen molar-refractivity contribution in [3.63, 3.8) is 0 Å². The van der Waals surface area contributed by atoms with Crippen molar-refractivity contribution in [3.05, 3.63) is 83.9 Å². The van der Waals surface area contributed by atoms with Gasteiger partial charge in [-0.25, -0.2) is 4.79 Å². The van der Waals surface area contributed by atoms with Gasteiger partial charge in [0.15, 0.2) is 0 Å². The molecule has 0 saturated heterocycles. The predicted molar refractivity (Wildman–Crippen MR) is 96.2 cm³/mol. The Morgan fingerprint density at radius 3 is 2.40 bits per heavy atom. The highest BCUT2D eigenvalue weighted by Gasteiger charge is 2.12. The highest BCUT2D eigenvalue weighted by molar-refractivity contribution is 5.92. The summed E-state index contributed by atoms with van der Waals surface area (Å²) in [6.45, 7) is 0.492. The van der Waals surface area contributed by atoms with Gasteiger partial charge < -0.3 is 14.6 Å². The molecule has 0 spiro atoms.